The van der Waals surface area contributed by atoms with E-state index in [9.17, 15) is 0 Å². The van der Waals surface area contributed by atoms with Gasteiger partial charge in [-0.2, -0.15) is 0 Å². The SMILES string of the molecule is CC1(C)CC(c2ccccc2)c2ccccc2O1. The lowest BCUT2D eigenvalue weighted by Gasteiger charge is -2.37. The first-order valence-corrected chi connectivity index (χ1v) is 6.49. The van der Waals surface area contributed by atoms with Gasteiger partial charge >= 0.3 is 0 Å². The topological polar surface area (TPSA) is 9.23 Å². The Morgan fingerprint density at radius 2 is 1.61 bits per heavy atom. The highest BCUT2D eigenvalue weighted by Gasteiger charge is 2.33. The highest BCUT2D eigenvalue weighted by molar-refractivity contribution is 5.44. The van der Waals surface area contributed by atoms with Gasteiger partial charge in [0.1, 0.15) is 11.4 Å². The summed E-state index contributed by atoms with van der Waals surface area (Å²) in [5.41, 5.74) is 2.58. The molecule has 92 valence electrons. The van der Waals surface area contributed by atoms with Crippen LogP contribution in [0.4, 0.5) is 0 Å². The average molecular weight is 238 g/mol. The Morgan fingerprint density at radius 1 is 0.944 bits per heavy atom. The Morgan fingerprint density at radius 3 is 2.39 bits per heavy atom. The summed E-state index contributed by atoms with van der Waals surface area (Å²) in [6, 6.07) is 19.1. The van der Waals surface area contributed by atoms with Gasteiger partial charge in [-0.05, 0) is 31.9 Å². The standard InChI is InChI=1S/C17H18O/c1-17(2)12-15(13-8-4-3-5-9-13)14-10-6-7-11-16(14)18-17/h3-11,15H,12H2,1-2H3. The van der Waals surface area contributed by atoms with Crippen molar-refractivity contribution in [3.05, 3.63) is 65.7 Å². The first kappa shape index (κ1) is 11.3. The van der Waals surface area contributed by atoms with Crippen molar-refractivity contribution in [3.63, 3.8) is 0 Å². The van der Waals surface area contributed by atoms with Crippen LogP contribution >= 0.6 is 0 Å². The van der Waals surface area contributed by atoms with Gasteiger partial charge in [0.2, 0.25) is 0 Å². The van der Waals surface area contributed by atoms with E-state index in [1.807, 2.05) is 6.07 Å². The maximum atomic E-state index is 6.07. The van der Waals surface area contributed by atoms with E-state index < -0.39 is 0 Å². The molecule has 1 aliphatic rings. The zero-order valence-corrected chi connectivity index (χ0v) is 10.9. The second-order valence-electron chi connectivity index (χ2n) is 5.57. The van der Waals surface area contributed by atoms with Crippen molar-refractivity contribution >= 4 is 0 Å². The molecule has 0 aliphatic carbocycles. The van der Waals surface area contributed by atoms with Gasteiger partial charge in [0, 0.05) is 11.5 Å². The molecule has 1 aliphatic heterocycles. The fourth-order valence-electron chi connectivity index (χ4n) is 2.78. The maximum Gasteiger partial charge on any atom is 0.123 e. The number of ether oxygens (including phenoxy) is 1. The van der Waals surface area contributed by atoms with Gasteiger partial charge in [-0.25, -0.2) is 0 Å². The summed E-state index contributed by atoms with van der Waals surface area (Å²) in [5, 5.41) is 0. The number of hydrogen-bond acceptors (Lipinski definition) is 1. The Labute approximate surface area is 108 Å². The van der Waals surface area contributed by atoms with Crippen LogP contribution in [0.5, 0.6) is 5.75 Å². The first-order valence-electron chi connectivity index (χ1n) is 6.49. The van der Waals surface area contributed by atoms with Crippen LogP contribution in [0, 0.1) is 0 Å². The summed E-state index contributed by atoms with van der Waals surface area (Å²) in [5.74, 6) is 1.47. The number of benzene rings is 2. The molecule has 1 heteroatoms. The molecule has 1 nitrogen and oxygen atoms in total. The van der Waals surface area contributed by atoms with Crippen molar-refractivity contribution in [3.8, 4) is 5.75 Å². The Balaban J connectivity index is 2.10. The van der Waals surface area contributed by atoms with E-state index in [4.69, 9.17) is 4.74 Å². The molecule has 0 amide bonds. The second-order valence-corrected chi connectivity index (χ2v) is 5.57. The van der Waals surface area contributed by atoms with E-state index >= 15 is 0 Å². The van der Waals surface area contributed by atoms with Crippen LogP contribution < -0.4 is 4.74 Å². The van der Waals surface area contributed by atoms with E-state index in [1.165, 1.54) is 11.1 Å². The molecule has 1 heterocycles. The first-order chi connectivity index (χ1) is 8.66. The number of hydrogen-bond donors (Lipinski definition) is 0. The lowest BCUT2D eigenvalue weighted by molar-refractivity contribution is 0.0775. The lowest BCUT2D eigenvalue weighted by Crippen LogP contribution is -2.35. The van der Waals surface area contributed by atoms with Gasteiger partial charge in [0.25, 0.3) is 0 Å². The largest absolute Gasteiger partial charge is 0.488 e. The van der Waals surface area contributed by atoms with E-state index in [-0.39, 0.29) is 5.60 Å². The molecular formula is C17H18O. The third-order valence-corrected chi connectivity index (χ3v) is 3.58. The molecule has 0 saturated heterocycles. The van der Waals surface area contributed by atoms with Crippen LogP contribution in [0.3, 0.4) is 0 Å². The minimum absolute atomic E-state index is 0.102. The monoisotopic (exact) mass is 238 g/mol. The lowest BCUT2D eigenvalue weighted by atomic mass is 9.80. The quantitative estimate of drug-likeness (QED) is 0.716. The molecule has 1 unspecified atom stereocenters. The summed E-state index contributed by atoms with van der Waals surface area (Å²) in [6.07, 6.45) is 1.02. The number of fused-ring (bicyclic) bond motifs is 1. The van der Waals surface area contributed by atoms with Crippen molar-refractivity contribution in [1.82, 2.24) is 0 Å². The van der Waals surface area contributed by atoms with Crippen LogP contribution in [0.25, 0.3) is 0 Å². The molecule has 0 N–H and O–H groups in total. The highest BCUT2D eigenvalue weighted by Crippen LogP contribution is 2.43. The fraction of sp³-hybridized carbons (Fsp3) is 0.294. The van der Waals surface area contributed by atoms with Crippen LogP contribution in [-0.2, 0) is 0 Å². The average Bonchev–Trinajstić information content (AvgIpc) is 2.38. The molecule has 0 saturated carbocycles. The Hall–Kier alpha value is -1.76. The second kappa shape index (κ2) is 4.16. The van der Waals surface area contributed by atoms with Gasteiger partial charge in [-0.15, -0.1) is 0 Å². The van der Waals surface area contributed by atoms with Crippen molar-refractivity contribution in [2.75, 3.05) is 0 Å². The van der Waals surface area contributed by atoms with Crippen molar-refractivity contribution in [2.45, 2.75) is 31.8 Å². The van der Waals surface area contributed by atoms with E-state index in [2.05, 4.69) is 62.4 Å². The smallest absolute Gasteiger partial charge is 0.123 e. The van der Waals surface area contributed by atoms with Gasteiger partial charge in [-0.1, -0.05) is 48.5 Å². The predicted octanol–water partition coefficient (Wildman–Crippen LogP) is 4.38. The van der Waals surface area contributed by atoms with Crippen LogP contribution in [0.15, 0.2) is 54.6 Å². The van der Waals surface area contributed by atoms with Crippen molar-refractivity contribution < 1.29 is 4.74 Å². The molecule has 3 rings (SSSR count). The van der Waals surface area contributed by atoms with Crippen LogP contribution in [-0.4, -0.2) is 5.60 Å². The third-order valence-electron chi connectivity index (χ3n) is 3.58. The molecule has 0 fully saturated rings. The highest BCUT2D eigenvalue weighted by atomic mass is 16.5. The number of rotatable bonds is 1. The molecule has 2 aromatic carbocycles. The summed E-state index contributed by atoms with van der Waals surface area (Å²) in [4.78, 5) is 0. The molecular weight excluding hydrogens is 220 g/mol. The maximum absolute atomic E-state index is 6.07. The van der Waals surface area contributed by atoms with Crippen LogP contribution in [0.2, 0.25) is 0 Å². The Bertz CT molecular complexity index is 543. The molecule has 0 spiro atoms. The number of para-hydroxylation sites is 1. The molecule has 0 aromatic heterocycles. The zero-order valence-electron chi connectivity index (χ0n) is 10.9. The van der Waals surface area contributed by atoms with Gasteiger partial charge in [0.05, 0.1) is 0 Å². The fourth-order valence-corrected chi connectivity index (χ4v) is 2.78. The predicted molar refractivity (Wildman–Crippen MR) is 74.1 cm³/mol. The van der Waals surface area contributed by atoms with Gasteiger partial charge in [-0.3, -0.25) is 0 Å². The molecule has 2 aromatic rings. The minimum atomic E-state index is -0.102. The van der Waals surface area contributed by atoms with E-state index in [0.29, 0.717) is 5.92 Å². The van der Waals surface area contributed by atoms with Crippen molar-refractivity contribution in [2.24, 2.45) is 0 Å². The summed E-state index contributed by atoms with van der Waals surface area (Å²) >= 11 is 0. The Kier molecular flexibility index (Phi) is 2.62. The van der Waals surface area contributed by atoms with Crippen LogP contribution in [0.1, 0.15) is 37.3 Å². The summed E-state index contributed by atoms with van der Waals surface area (Å²) < 4.78 is 6.07. The summed E-state index contributed by atoms with van der Waals surface area (Å²) in [6.45, 7) is 4.33. The third kappa shape index (κ3) is 2.01. The molecule has 0 radical (unpaired) electrons. The van der Waals surface area contributed by atoms with Gasteiger partial charge in [0.15, 0.2) is 0 Å². The molecule has 0 bridgehead atoms. The molecule has 18 heavy (non-hydrogen) atoms. The normalized spacial score (nSPS) is 20.9. The summed E-state index contributed by atoms with van der Waals surface area (Å²) in [7, 11) is 0. The molecule has 1 atom stereocenters. The minimum Gasteiger partial charge on any atom is -0.488 e. The van der Waals surface area contributed by atoms with E-state index in [0.717, 1.165) is 12.2 Å². The van der Waals surface area contributed by atoms with E-state index in [1.54, 1.807) is 0 Å². The van der Waals surface area contributed by atoms with Gasteiger partial charge < -0.3 is 4.74 Å². The van der Waals surface area contributed by atoms with Crippen molar-refractivity contribution in [1.29, 1.82) is 0 Å². The zero-order chi connectivity index (χ0) is 12.6.